The number of hydrogen-bond acceptors (Lipinski definition) is 2. The lowest BCUT2D eigenvalue weighted by atomic mass is 10.0. The summed E-state index contributed by atoms with van der Waals surface area (Å²) in [5, 5.41) is 1.19. The number of fused-ring (bicyclic) bond motifs is 1. The molecule has 90 valence electrons. The molecule has 3 aromatic rings. The molecule has 0 aliphatic rings. The first-order chi connectivity index (χ1) is 8.66. The Morgan fingerprint density at radius 3 is 2.50 bits per heavy atom. The summed E-state index contributed by atoms with van der Waals surface area (Å²) in [6, 6.07) is 10.7. The lowest BCUT2D eigenvalue weighted by Crippen LogP contribution is -1.84. The van der Waals surface area contributed by atoms with Crippen LogP contribution in [0.1, 0.15) is 11.1 Å². The molecule has 0 aliphatic carbocycles. The molecule has 0 radical (unpaired) electrons. The number of nitrogens with zero attached hydrogens (tertiary/aromatic N) is 1. The number of benzene rings is 1. The summed E-state index contributed by atoms with van der Waals surface area (Å²) in [5.74, 6) is 0. The maximum Gasteiger partial charge on any atom is 0.114 e. The zero-order valence-electron chi connectivity index (χ0n) is 10.2. The van der Waals surface area contributed by atoms with Crippen molar-refractivity contribution in [2.75, 3.05) is 0 Å². The summed E-state index contributed by atoms with van der Waals surface area (Å²) in [7, 11) is 0. The van der Waals surface area contributed by atoms with Crippen molar-refractivity contribution in [1.82, 2.24) is 4.98 Å². The van der Waals surface area contributed by atoms with Crippen molar-refractivity contribution >= 4 is 37.4 Å². The van der Waals surface area contributed by atoms with Crippen LogP contribution in [-0.4, -0.2) is 4.98 Å². The molecule has 3 heteroatoms. The number of aryl methyl sites for hydroxylation is 2. The van der Waals surface area contributed by atoms with Crippen molar-refractivity contribution in [3.05, 3.63) is 52.3 Å². The van der Waals surface area contributed by atoms with Gasteiger partial charge in [-0.2, -0.15) is 0 Å². The first-order valence-corrected chi connectivity index (χ1v) is 7.38. The largest absolute Gasteiger partial charge is 0.249 e. The van der Waals surface area contributed by atoms with Gasteiger partial charge in [0.2, 0.25) is 0 Å². The van der Waals surface area contributed by atoms with Crippen LogP contribution in [0.3, 0.4) is 0 Å². The van der Waals surface area contributed by atoms with E-state index in [4.69, 9.17) is 0 Å². The molecule has 18 heavy (non-hydrogen) atoms. The summed E-state index contributed by atoms with van der Waals surface area (Å²) in [4.78, 5) is 5.60. The molecule has 0 N–H and O–H groups in total. The number of pyridine rings is 1. The quantitative estimate of drug-likeness (QED) is 0.552. The van der Waals surface area contributed by atoms with Crippen molar-refractivity contribution in [2.24, 2.45) is 0 Å². The Bertz CT molecular complexity index is 710. The normalized spacial score (nSPS) is 11.1. The van der Waals surface area contributed by atoms with E-state index in [2.05, 4.69) is 65.1 Å². The lowest BCUT2D eigenvalue weighted by Gasteiger charge is -2.06. The predicted octanol–water partition coefficient (Wildman–Crippen LogP) is 5.34. The predicted molar refractivity (Wildman–Crippen MR) is 82.2 cm³/mol. The molecule has 0 unspecified atom stereocenters. The van der Waals surface area contributed by atoms with Crippen molar-refractivity contribution in [3.8, 4) is 10.4 Å². The average Bonchev–Trinajstić information content (AvgIpc) is 2.74. The maximum atomic E-state index is 4.28. The first-order valence-electron chi connectivity index (χ1n) is 5.77. The molecule has 0 atom stereocenters. The standard InChI is InChI=1S/C15H12BrNS/c1-9-4-3-5-10(2)14(9)13-8-11-12(18-13)6-7-17-15(11)16/h3-8H,1-2H3. The second kappa shape index (κ2) is 4.48. The molecular weight excluding hydrogens is 306 g/mol. The van der Waals surface area contributed by atoms with Crippen LogP contribution in [0.4, 0.5) is 0 Å². The van der Waals surface area contributed by atoms with Crippen LogP contribution < -0.4 is 0 Å². The van der Waals surface area contributed by atoms with Crippen molar-refractivity contribution < 1.29 is 0 Å². The number of halogens is 1. The van der Waals surface area contributed by atoms with E-state index in [-0.39, 0.29) is 0 Å². The molecule has 2 aromatic heterocycles. The van der Waals surface area contributed by atoms with Gasteiger partial charge in [-0.1, -0.05) is 18.2 Å². The van der Waals surface area contributed by atoms with E-state index in [1.165, 1.54) is 31.7 Å². The zero-order chi connectivity index (χ0) is 12.7. The highest BCUT2D eigenvalue weighted by Crippen LogP contribution is 2.38. The Balaban J connectivity index is 2.30. The zero-order valence-corrected chi connectivity index (χ0v) is 12.6. The van der Waals surface area contributed by atoms with Crippen LogP contribution in [0.15, 0.2) is 41.1 Å². The smallest absolute Gasteiger partial charge is 0.114 e. The molecule has 0 saturated heterocycles. The third kappa shape index (κ3) is 1.88. The van der Waals surface area contributed by atoms with Gasteiger partial charge in [0.15, 0.2) is 0 Å². The van der Waals surface area contributed by atoms with Crippen LogP contribution in [0.25, 0.3) is 20.5 Å². The lowest BCUT2D eigenvalue weighted by molar-refractivity contribution is 1.32. The highest BCUT2D eigenvalue weighted by Gasteiger charge is 2.10. The molecule has 0 fully saturated rings. The Morgan fingerprint density at radius 2 is 1.83 bits per heavy atom. The van der Waals surface area contributed by atoms with Gasteiger partial charge in [-0.05, 0) is 58.6 Å². The fourth-order valence-corrected chi connectivity index (χ4v) is 4.07. The van der Waals surface area contributed by atoms with Gasteiger partial charge in [0.1, 0.15) is 4.60 Å². The van der Waals surface area contributed by atoms with Gasteiger partial charge in [0.05, 0.1) is 0 Å². The third-order valence-electron chi connectivity index (χ3n) is 3.12. The molecule has 0 aliphatic heterocycles. The van der Waals surface area contributed by atoms with Crippen molar-refractivity contribution in [1.29, 1.82) is 0 Å². The monoisotopic (exact) mass is 317 g/mol. The molecule has 0 spiro atoms. The molecule has 0 saturated carbocycles. The Morgan fingerprint density at radius 1 is 1.11 bits per heavy atom. The minimum atomic E-state index is 0.925. The van der Waals surface area contributed by atoms with E-state index in [1.54, 1.807) is 0 Å². The summed E-state index contributed by atoms with van der Waals surface area (Å²) in [6.07, 6.45) is 1.84. The molecule has 1 nitrogen and oxygen atoms in total. The van der Waals surface area contributed by atoms with E-state index in [9.17, 15) is 0 Å². The maximum absolute atomic E-state index is 4.28. The average molecular weight is 318 g/mol. The summed E-state index contributed by atoms with van der Waals surface area (Å²) < 4.78 is 2.20. The van der Waals surface area contributed by atoms with Crippen LogP contribution >= 0.6 is 27.3 Å². The Kier molecular flexibility index (Phi) is 2.96. The molecule has 0 amide bonds. The molecule has 0 bridgehead atoms. The SMILES string of the molecule is Cc1cccc(C)c1-c1cc2c(Br)nccc2s1. The summed E-state index contributed by atoms with van der Waals surface area (Å²) in [6.45, 7) is 4.33. The first kappa shape index (κ1) is 11.9. The van der Waals surface area contributed by atoms with Crippen LogP contribution in [0.5, 0.6) is 0 Å². The van der Waals surface area contributed by atoms with E-state index < -0.39 is 0 Å². The van der Waals surface area contributed by atoms with Gasteiger partial charge in [0, 0.05) is 21.2 Å². The number of aromatic nitrogens is 1. The number of hydrogen-bond donors (Lipinski definition) is 0. The minimum absolute atomic E-state index is 0.925. The van der Waals surface area contributed by atoms with E-state index >= 15 is 0 Å². The van der Waals surface area contributed by atoms with Gasteiger partial charge in [-0.3, -0.25) is 0 Å². The van der Waals surface area contributed by atoms with Gasteiger partial charge in [-0.25, -0.2) is 4.98 Å². The Labute approximate surface area is 119 Å². The highest BCUT2D eigenvalue weighted by molar-refractivity contribution is 9.10. The second-order valence-electron chi connectivity index (χ2n) is 4.39. The van der Waals surface area contributed by atoms with Crippen LogP contribution in [-0.2, 0) is 0 Å². The van der Waals surface area contributed by atoms with Gasteiger partial charge in [-0.15, -0.1) is 11.3 Å². The highest BCUT2D eigenvalue weighted by atomic mass is 79.9. The summed E-state index contributed by atoms with van der Waals surface area (Å²) >= 11 is 5.34. The van der Waals surface area contributed by atoms with E-state index in [0.29, 0.717) is 0 Å². The number of thiophene rings is 1. The number of rotatable bonds is 1. The molecular formula is C15H12BrNS. The van der Waals surface area contributed by atoms with Gasteiger partial charge in [0.25, 0.3) is 0 Å². The summed E-state index contributed by atoms with van der Waals surface area (Å²) in [5.41, 5.74) is 4.00. The van der Waals surface area contributed by atoms with Gasteiger partial charge >= 0.3 is 0 Å². The van der Waals surface area contributed by atoms with Gasteiger partial charge < -0.3 is 0 Å². The fraction of sp³-hybridized carbons (Fsp3) is 0.133. The van der Waals surface area contributed by atoms with Crippen molar-refractivity contribution in [3.63, 3.8) is 0 Å². The third-order valence-corrected chi connectivity index (χ3v) is 4.87. The molecule has 1 aromatic carbocycles. The molecule has 2 heterocycles. The second-order valence-corrected chi connectivity index (χ2v) is 6.23. The Hall–Kier alpha value is -1.19. The van der Waals surface area contributed by atoms with E-state index in [1.807, 2.05) is 17.5 Å². The van der Waals surface area contributed by atoms with E-state index in [0.717, 1.165) is 4.60 Å². The van der Waals surface area contributed by atoms with Crippen LogP contribution in [0.2, 0.25) is 0 Å². The van der Waals surface area contributed by atoms with Crippen molar-refractivity contribution in [2.45, 2.75) is 13.8 Å². The topological polar surface area (TPSA) is 12.9 Å². The molecule has 3 rings (SSSR count). The van der Waals surface area contributed by atoms with Crippen LogP contribution in [0, 0.1) is 13.8 Å². The fourth-order valence-electron chi connectivity index (χ4n) is 2.26. The minimum Gasteiger partial charge on any atom is -0.249 e.